The van der Waals surface area contributed by atoms with Crippen molar-refractivity contribution in [2.24, 2.45) is 0 Å². The van der Waals surface area contributed by atoms with Crippen LogP contribution in [0.2, 0.25) is 0 Å². The van der Waals surface area contributed by atoms with Gasteiger partial charge in [-0.05, 0) is 37.3 Å². The molecule has 0 aliphatic carbocycles. The molecule has 0 aromatic heterocycles. The first kappa shape index (κ1) is 13.1. The van der Waals surface area contributed by atoms with E-state index in [9.17, 15) is 9.18 Å². The smallest absolute Gasteiger partial charge is 0.335 e. The van der Waals surface area contributed by atoms with E-state index in [1.165, 1.54) is 18.2 Å². The number of hydrogen-bond acceptors (Lipinski definition) is 2. The van der Waals surface area contributed by atoms with Gasteiger partial charge >= 0.3 is 5.97 Å². The lowest BCUT2D eigenvalue weighted by Crippen LogP contribution is -2.17. The zero-order valence-electron chi connectivity index (χ0n) is 10.5. The van der Waals surface area contributed by atoms with Gasteiger partial charge in [0.15, 0.2) is 0 Å². The van der Waals surface area contributed by atoms with Gasteiger partial charge in [0.1, 0.15) is 5.82 Å². The summed E-state index contributed by atoms with van der Waals surface area (Å²) in [5.74, 6) is -1.32. The number of carboxylic acid groups (broad SMARTS) is 1. The number of rotatable bonds is 4. The molecule has 3 nitrogen and oxygen atoms in total. The highest BCUT2D eigenvalue weighted by atomic mass is 19.1. The fourth-order valence-corrected chi connectivity index (χ4v) is 1.97. The van der Waals surface area contributed by atoms with Gasteiger partial charge in [-0.1, -0.05) is 18.2 Å². The molecule has 0 spiro atoms. The molecule has 19 heavy (non-hydrogen) atoms. The zero-order chi connectivity index (χ0) is 13.8. The van der Waals surface area contributed by atoms with Crippen LogP contribution in [0.3, 0.4) is 0 Å². The second-order valence-corrected chi connectivity index (χ2v) is 4.05. The number of anilines is 2. The Hall–Kier alpha value is -2.36. The van der Waals surface area contributed by atoms with Crippen molar-refractivity contribution in [3.8, 4) is 0 Å². The molecular weight excluding hydrogens is 245 g/mol. The van der Waals surface area contributed by atoms with Gasteiger partial charge in [-0.25, -0.2) is 9.18 Å². The first-order valence-corrected chi connectivity index (χ1v) is 5.99. The van der Waals surface area contributed by atoms with E-state index in [1.54, 1.807) is 35.2 Å². The second-order valence-electron chi connectivity index (χ2n) is 4.05. The average Bonchev–Trinajstić information content (AvgIpc) is 2.42. The molecule has 0 radical (unpaired) electrons. The van der Waals surface area contributed by atoms with E-state index in [2.05, 4.69) is 0 Å². The molecule has 0 amide bonds. The minimum absolute atomic E-state index is 0.187. The number of carboxylic acids is 1. The summed E-state index contributed by atoms with van der Waals surface area (Å²) in [5, 5.41) is 9.00. The second kappa shape index (κ2) is 5.52. The summed E-state index contributed by atoms with van der Waals surface area (Å²) in [6.45, 7) is 2.43. The topological polar surface area (TPSA) is 40.5 Å². The van der Waals surface area contributed by atoms with E-state index in [0.717, 1.165) is 0 Å². The molecule has 98 valence electrons. The highest BCUT2D eigenvalue weighted by molar-refractivity contribution is 5.89. The average molecular weight is 259 g/mol. The molecule has 0 aliphatic rings. The first-order valence-electron chi connectivity index (χ1n) is 5.99. The van der Waals surface area contributed by atoms with Gasteiger partial charge in [0.05, 0.1) is 11.3 Å². The van der Waals surface area contributed by atoms with Crippen LogP contribution in [0.25, 0.3) is 0 Å². The van der Waals surface area contributed by atoms with Crippen molar-refractivity contribution in [2.45, 2.75) is 6.92 Å². The van der Waals surface area contributed by atoms with E-state index in [0.29, 0.717) is 17.9 Å². The summed E-state index contributed by atoms with van der Waals surface area (Å²) < 4.78 is 13.8. The largest absolute Gasteiger partial charge is 0.478 e. The van der Waals surface area contributed by atoms with Gasteiger partial charge in [-0.3, -0.25) is 0 Å². The van der Waals surface area contributed by atoms with Crippen LogP contribution in [0.1, 0.15) is 17.3 Å². The standard InChI is InChI=1S/C15H14FNO2/c1-2-17(14-9-4-3-8-13(14)16)12-7-5-6-11(10-12)15(18)19/h3-10H,2H2,1H3,(H,18,19). The highest BCUT2D eigenvalue weighted by Crippen LogP contribution is 2.27. The molecule has 0 aliphatic heterocycles. The van der Waals surface area contributed by atoms with Crippen LogP contribution in [0.4, 0.5) is 15.8 Å². The number of aromatic carboxylic acids is 1. The maximum absolute atomic E-state index is 13.8. The van der Waals surface area contributed by atoms with Crippen molar-refractivity contribution in [3.05, 3.63) is 59.9 Å². The molecule has 0 atom stereocenters. The van der Waals surface area contributed by atoms with Crippen molar-refractivity contribution in [1.29, 1.82) is 0 Å². The van der Waals surface area contributed by atoms with Crippen LogP contribution >= 0.6 is 0 Å². The number of hydrogen-bond donors (Lipinski definition) is 1. The van der Waals surface area contributed by atoms with E-state index < -0.39 is 5.97 Å². The summed E-state index contributed by atoms with van der Waals surface area (Å²) in [7, 11) is 0. The monoisotopic (exact) mass is 259 g/mol. The molecule has 2 rings (SSSR count). The third kappa shape index (κ3) is 2.73. The summed E-state index contributed by atoms with van der Waals surface area (Å²) >= 11 is 0. The van der Waals surface area contributed by atoms with Gasteiger partial charge < -0.3 is 10.0 Å². The number of para-hydroxylation sites is 1. The van der Waals surface area contributed by atoms with Crippen molar-refractivity contribution in [2.75, 3.05) is 11.4 Å². The Morgan fingerprint density at radius 1 is 1.21 bits per heavy atom. The SMILES string of the molecule is CCN(c1cccc(C(=O)O)c1)c1ccccc1F. The minimum atomic E-state index is -0.994. The van der Waals surface area contributed by atoms with Crippen molar-refractivity contribution in [3.63, 3.8) is 0 Å². The van der Waals surface area contributed by atoms with Gasteiger partial charge in [0, 0.05) is 12.2 Å². The van der Waals surface area contributed by atoms with Gasteiger partial charge in [0.2, 0.25) is 0 Å². The zero-order valence-corrected chi connectivity index (χ0v) is 10.5. The number of benzene rings is 2. The molecule has 4 heteroatoms. The summed E-state index contributed by atoms with van der Waals surface area (Å²) in [5.41, 5.74) is 1.28. The molecule has 0 saturated carbocycles. The van der Waals surface area contributed by atoms with Gasteiger partial charge in [-0.2, -0.15) is 0 Å². The van der Waals surface area contributed by atoms with E-state index >= 15 is 0 Å². The number of carbonyl (C=O) groups is 1. The van der Waals surface area contributed by atoms with Crippen LogP contribution in [-0.4, -0.2) is 17.6 Å². The summed E-state index contributed by atoms with van der Waals surface area (Å²) in [4.78, 5) is 12.7. The van der Waals surface area contributed by atoms with Crippen LogP contribution in [-0.2, 0) is 0 Å². The fraction of sp³-hybridized carbons (Fsp3) is 0.133. The third-order valence-electron chi connectivity index (χ3n) is 2.86. The predicted octanol–water partition coefficient (Wildman–Crippen LogP) is 3.68. The summed E-state index contributed by atoms with van der Waals surface area (Å²) in [6.07, 6.45) is 0. The van der Waals surface area contributed by atoms with Gasteiger partial charge in [-0.15, -0.1) is 0 Å². The molecule has 2 aromatic rings. The molecule has 0 bridgehead atoms. The molecule has 0 heterocycles. The van der Waals surface area contributed by atoms with Crippen LogP contribution in [0, 0.1) is 5.82 Å². The third-order valence-corrected chi connectivity index (χ3v) is 2.86. The van der Waals surface area contributed by atoms with E-state index in [4.69, 9.17) is 5.11 Å². The van der Waals surface area contributed by atoms with Crippen molar-refractivity contribution < 1.29 is 14.3 Å². The molecule has 0 unspecified atom stereocenters. The van der Waals surface area contributed by atoms with Gasteiger partial charge in [0.25, 0.3) is 0 Å². The molecule has 2 aromatic carbocycles. The van der Waals surface area contributed by atoms with E-state index in [1.807, 2.05) is 6.92 Å². The molecular formula is C15H14FNO2. The fourth-order valence-electron chi connectivity index (χ4n) is 1.97. The summed E-state index contributed by atoms with van der Waals surface area (Å²) in [6, 6.07) is 12.9. The predicted molar refractivity (Wildman–Crippen MR) is 72.5 cm³/mol. The maximum Gasteiger partial charge on any atom is 0.335 e. The van der Waals surface area contributed by atoms with Crippen LogP contribution < -0.4 is 4.90 Å². The number of nitrogens with zero attached hydrogens (tertiary/aromatic N) is 1. The molecule has 1 N–H and O–H groups in total. The molecule has 0 saturated heterocycles. The lowest BCUT2D eigenvalue weighted by molar-refractivity contribution is 0.0697. The Balaban J connectivity index is 2.45. The Labute approximate surface area is 110 Å². The van der Waals surface area contributed by atoms with E-state index in [-0.39, 0.29) is 11.4 Å². The highest BCUT2D eigenvalue weighted by Gasteiger charge is 2.13. The quantitative estimate of drug-likeness (QED) is 0.910. The first-order chi connectivity index (χ1) is 9.13. The Kier molecular flexibility index (Phi) is 3.80. The van der Waals surface area contributed by atoms with Crippen molar-refractivity contribution >= 4 is 17.3 Å². The lowest BCUT2D eigenvalue weighted by Gasteiger charge is -2.24. The van der Waals surface area contributed by atoms with Crippen LogP contribution in [0.15, 0.2) is 48.5 Å². The van der Waals surface area contributed by atoms with Crippen LogP contribution in [0.5, 0.6) is 0 Å². The Bertz CT molecular complexity index is 598. The Morgan fingerprint density at radius 2 is 1.95 bits per heavy atom. The number of halogens is 1. The lowest BCUT2D eigenvalue weighted by atomic mass is 10.1. The Morgan fingerprint density at radius 3 is 2.58 bits per heavy atom. The normalized spacial score (nSPS) is 10.2. The molecule has 0 fully saturated rings. The minimum Gasteiger partial charge on any atom is -0.478 e. The maximum atomic E-state index is 13.8. The van der Waals surface area contributed by atoms with Crippen molar-refractivity contribution in [1.82, 2.24) is 0 Å².